The molecule has 4 rings (SSSR count). The van der Waals surface area contributed by atoms with Crippen LogP contribution in [-0.2, 0) is 6.61 Å². The van der Waals surface area contributed by atoms with Gasteiger partial charge in [0.2, 0.25) is 0 Å². The summed E-state index contributed by atoms with van der Waals surface area (Å²) in [5.74, 6) is -0.509. The van der Waals surface area contributed by atoms with Crippen molar-refractivity contribution in [1.82, 2.24) is 5.16 Å². The maximum absolute atomic E-state index is 14.1. The van der Waals surface area contributed by atoms with Gasteiger partial charge in [-0.3, -0.25) is 0 Å². The lowest BCUT2D eigenvalue weighted by Gasteiger charge is -2.07. The van der Waals surface area contributed by atoms with E-state index in [4.69, 9.17) is 9.26 Å². The summed E-state index contributed by atoms with van der Waals surface area (Å²) in [6.07, 6.45) is 0. The van der Waals surface area contributed by atoms with Gasteiger partial charge in [-0.1, -0.05) is 41.6 Å². The fourth-order valence-electron chi connectivity index (χ4n) is 2.93. The molecule has 0 bridgehead atoms. The summed E-state index contributed by atoms with van der Waals surface area (Å²) in [6, 6.07) is 19.7. The topological polar surface area (TPSA) is 55.5 Å². The Bertz CT molecular complexity index is 1090. The van der Waals surface area contributed by atoms with Gasteiger partial charge in [0.05, 0.1) is 17.7 Å². The van der Waals surface area contributed by atoms with Crippen molar-refractivity contribution in [1.29, 1.82) is 0 Å². The molecule has 0 saturated heterocycles. The Kier molecular flexibility index (Phi) is 4.87. The van der Waals surface area contributed by atoms with Crippen molar-refractivity contribution < 1.29 is 23.1 Å². The van der Waals surface area contributed by atoms with E-state index in [0.29, 0.717) is 22.8 Å². The second-order valence-electron chi connectivity index (χ2n) is 6.04. The maximum atomic E-state index is 14.1. The average Bonchev–Trinajstić information content (AvgIpc) is 3.12. The van der Waals surface area contributed by atoms with Crippen molar-refractivity contribution >= 4 is 0 Å². The van der Waals surface area contributed by atoms with Crippen molar-refractivity contribution in [3.63, 3.8) is 0 Å². The number of aliphatic hydroxyl groups is 1. The zero-order valence-electron chi connectivity index (χ0n) is 14.6. The third-order valence-electron chi connectivity index (χ3n) is 4.22. The molecular weight excluding hydrogens is 364 g/mol. The van der Waals surface area contributed by atoms with E-state index in [1.807, 2.05) is 30.3 Å². The Morgan fingerprint density at radius 3 is 2.25 bits per heavy atom. The Labute approximate surface area is 159 Å². The van der Waals surface area contributed by atoms with E-state index in [9.17, 15) is 13.9 Å². The quantitative estimate of drug-likeness (QED) is 0.492. The van der Waals surface area contributed by atoms with Crippen LogP contribution in [0.4, 0.5) is 8.78 Å². The zero-order valence-corrected chi connectivity index (χ0v) is 14.6. The number of rotatable bonds is 5. The number of benzene rings is 3. The van der Waals surface area contributed by atoms with Gasteiger partial charge in [-0.2, -0.15) is 0 Å². The van der Waals surface area contributed by atoms with Crippen LogP contribution in [0.5, 0.6) is 11.5 Å². The lowest BCUT2D eigenvalue weighted by atomic mass is 10.0. The van der Waals surface area contributed by atoms with Crippen LogP contribution in [0, 0.1) is 11.6 Å². The third kappa shape index (κ3) is 3.37. The fraction of sp³-hybridized carbons (Fsp3) is 0.0455. The molecule has 0 spiro atoms. The molecular formula is C22H15F2NO3. The normalized spacial score (nSPS) is 10.8. The number of para-hydroxylation sites is 1. The summed E-state index contributed by atoms with van der Waals surface area (Å²) in [4.78, 5) is 0. The maximum Gasteiger partial charge on any atom is 0.178 e. The van der Waals surface area contributed by atoms with E-state index >= 15 is 0 Å². The highest BCUT2D eigenvalue weighted by Gasteiger charge is 2.23. The summed E-state index contributed by atoms with van der Waals surface area (Å²) in [5.41, 5.74) is 0.714. The number of hydrogen-bond donors (Lipinski definition) is 1. The number of halogens is 2. The summed E-state index contributed by atoms with van der Waals surface area (Å²) < 4.78 is 39.3. The van der Waals surface area contributed by atoms with Crippen LogP contribution >= 0.6 is 0 Å². The first-order chi connectivity index (χ1) is 13.7. The van der Waals surface area contributed by atoms with Crippen molar-refractivity contribution in [3.05, 3.63) is 90.0 Å². The number of ether oxygens (including phenoxy) is 1. The summed E-state index contributed by atoms with van der Waals surface area (Å²) in [6.45, 7) is -0.494. The van der Waals surface area contributed by atoms with E-state index < -0.39 is 18.2 Å². The second kappa shape index (κ2) is 7.62. The second-order valence-corrected chi connectivity index (χ2v) is 6.04. The molecule has 0 aliphatic heterocycles. The van der Waals surface area contributed by atoms with Gasteiger partial charge in [0.15, 0.2) is 5.76 Å². The van der Waals surface area contributed by atoms with Crippen molar-refractivity contribution in [2.45, 2.75) is 6.61 Å². The Balaban J connectivity index is 1.75. The molecule has 0 fully saturated rings. The molecule has 0 unspecified atom stereocenters. The van der Waals surface area contributed by atoms with Crippen LogP contribution in [0.2, 0.25) is 0 Å². The van der Waals surface area contributed by atoms with Gasteiger partial charge in [0.1, 0.15) is 28.8 Å². The SMILES string of the molecule is OCc1c(-c2cccc(Oc3ccccc3)c2)noc1-c1c(F)cccc1F. The zero-order chi connectivity index (χ0) is 19.5. The molecule has 6 heteroatoms. The summed E-state index contributed by atoms with van der Waals surface area (Å²) >= 11 is 0. The van der Waals surface area contributed by atoms with Gasteiger partial charge in [-0.15, -0.1) is 0 Å². The minimum atomic E-state index is -0.793. The van der Waals surface area contributed by atoms with Crippen molar-refractivity contribution in [2.75, 3.05) is 0 Å². The molecule has 1 N–H and O–H groups in total. The van der Waals surface area contributed by atoms with Gasteiger partial charge in [0, 0.05) is 5.56 Å². The van der Waals surface area contributed by atoms with Gasteiger partial charge < -0.3 is 14.4 Å². The third-order valence-corrected chi connectivity index (χ3v) is 4.22. The van der Waals surface area contributed by atoms with Crippen LogP contribution in [0.25, 0.3) is 22.6 Å². The summed E-state index contributed by atoms with van der Waals surface area (Å²) in [7, 11) is 0. The van der Waals surface area contributed by atoms with Gasteiger partial charge >= 0.3 is 0 Å². The predicted octanol–water partition coefficient (Wildman–Crippen LogP) is 5.57. The highest BCUT2D eigenvalue weighted by atomic mass is 19.1. The largest absolute Gasteiger partial charge is 0.457 e. The number of nitrogens with zero attached hydrogens (tertiary/aromatic N) is 1. The average molecular weight is 379 g/mol. The molecule has 0 saturated carbocycles. The molecule has 1 aromatic heterocycles. The monoisotopic (exact) mass is 379 g/mol. The Hall–Kier alpha value is -3.51. The van der Waals surface area contributed by atoms with E-state index in [2.05, 4.69) is 5.16 Å². The minimum Gasteiger partial charge on any atom is -0.457 e. The molecule has 3 aromatic carbocycles. The first-order valence-electron chi connectivity index (χ1n) is 8.54. The Morgan fingerprint density at radius 2 is 1.54 bits per heavy atom. The van der Waals surface area contributed by atoms with Gasteiger partial charge in [0.25, 0.3) is 0 Å². The van der Waals surface area contributed by atoms with Crippen molar-refractivity contribution in [3.8, 4) is 34.1 Å². The number of aliphatic hydroxyl groups excluding tert-OH is 1. The van der Waals surface area contributed by atoms with Crippen LogP contribution in [0.1, 0.15) is 5.56 Å². The fourth-order valence-corrected chi connectivity index (χ4v) is 2.93. The smallest absolute Gasteiger partial charge is 0.178 e. The molecule has 0 aliphatic carbocycles. The lowest BCUT2D eigenvalue weighted by molar-refractivity contribution is 0.281. The molecule has 28 heavy (non-hydrogen) atoms. The Morgan fingerprint density at radius 1 is 0.857 bits per heavy atom. The molecule has 0 aliphatic rings. The van der Waals surface area contributed by atoms with E-state index in [1.54, 1.807) is 24.3 Å². The van der Waals surface area contributed by atoms with Crippen LogP contribution in [-0.4, -0.2) is 10.3 Å². The van der Waals surface area contributed by atoms with E-state index in [0.717, 1.165) is 12.1 Å². The molecule has 4 nitrogen and oxygen atoms in total. The highest BCUT2D eigenvalue weighted by molar-refractivity contribution is 5.73. The standard InChI is InChI=1S/C22H15F2NO3/c23-18-10-5-11-19(24)20(18)22-17(13-26)21(25-28-22)14-6-4-9-16(12-14)27-15-7-2-1-3-8-15/h1-12,26H,13H2. The van der Waals surface area contributed by atoms with E-state index in [1.165, 1.54) is 6.07 Å². The van der Waals surface area contributed by atoms with Crippen LogP contribution < -0.4 is 4.74 Å². The molecule has 1 heterocycles. The molecule has 4 aromatic rings. The van der Waals surface area contributed by atoms with Crippen molar-refractivity contribution in [2.24, 2.45) is 0 Å². The predicted molar refractivity (Wildman–Crippen MR) is 99.7 cm³/mol. The van der Waals surface area contributed by atoms with Gasteiger partial charge in [-0.05, 0) is 36.4 Å². The lowest BCUT2D eigenvalue weighted by Crippen LogP contribution is -1.94. The first kappa shape index (κ1) is 17.9. The minimum absolute atomic E-state index is 0.137. The molecule has 0 amide bonds. The first-order valence-corrected chi connectivity index (χ1v) is 8.54. The van der Waals surface area contributed by atoms with Gasteiger partial charge in [-0.25, -0.2) is 8.78 Å². The van der Waals surface area contributed by atoms with Crippen LogP contribution in [0.15, 0.2) is 77.3 Å². The molecule has 0 atom stereocenters. The highest BCUT2D eigenvalue weighted by Crippen LogP contribution is 2.36. The van der Waals surface area contributed by atoms with Crippen LogP contribution in [0.3, 0.4) is 0 Å². The van der Waals surface area contributed by atoms with E-state index in [-0.39, 0.29) is 16.9 Å². The summed E-state index contributed by atoms with van der Waals surface area (Å²) in [5, 5.41) is 13.8. The number of aromatic nitrogens is 1. The molecule has 140 valence electrons. The number of hydrogen-bond acceptors (Lipinski definition) is 4. The molecule has 0 radical (unpaired) electrons.